The summed E-state index contributed by atoms with van der Waals surface area (Å²) in [5, 5.41) is 9.51. The Kier molecular flexibility index (Phi) is 1.88. The molecule has 3 heteroatoms. The number of phenols is 1. The smallest absolute Gasteiger partial charge is 0.197 e. The van der Waals surface area contributed by atoms with Crippen molar-refractivity contribution in [2.75, 3.05) is 0 Å². The third kappa shape index (κ3) is 1.35. The molecule has 0 bridgehead atoms. The van der Waals surface area contributed by atoms with Crippen LogP contribution in [0.4, 0.5) is 0 Å². The van der Waals surface area contributed by atoms with Gasteiger partial charge in [-0.15, -0.1) is 0 Å². The Labute approximate surface area is 76.9 Å². The lowest BCUT2D eigenvalue weighted by Gasteiger charge is -2.28. The van der Waals surface area contributed by atoms with E-state index in [-0.39, 0.29) is 18.1 Å². The molecule has 0 saturated heterocycles. The highest BCUT2D eigenvalue weighted by molar-refractivity contribution is 5.47. The molecule has 0 radical (unpaired) electrons. The van der Waals surface area contributed by atoms with Gasteiger partial charge in [-0.3, -0.25) is 0 Å². The van der Waals surface area contributed by atoms with Crippen LogP contribution in [0.25, 0.3) is 0 Å². The molecule has 1 aromatic rings. The molecular formula is C10H12O3. The van der Waals surface area contributed by atoms with Crippen molar-refractivity contribution in [2.24, 2.45) is 0 Å². The van der Waals surface area contributed by atoms with Crippen molar-refractivity contribution >= 4 is 0 Å². The number of phenolic OH excluding ortho intramolecular Hbond substituents is 1. The van der Waals surface area contributed by atoms with Gasteiger partial charge < -0.3 is 14.6 Å². The Hall–Kier alpha value is -1.22. The summed E-state index contributed by atoms with van der Waals surface area (Å²) in [5.41, 5.74) is 0.901. The molecule has 1 aromatic carbocycles. The van der Waals surface area contributed by atoms with Crippen molar-refractivity contribution in [1.29, 1.82) is 0 Å². The fourth-order valence-corrected chi connectivity index (χ4v) is 1.55. The van der Waals surface area contributed by atoms with Gasteiger partial charge in [-0.25, -0.2) is 0 Å². The predicted molar refractivity (Wildman–Crippen MR) is 47.7 cm³/mol. The van der Waals surface area contributed by atoms with Crippen molar-refractivity contribution < 1.29 is 14.6 Å². The number of aromatic hydroxyl groups is 1. The van der Waals surface area contributed by atoms with Crippen molar-refractivity contribution in [1.82, 2.24) is 0 Å². The van der Waals surface area contributed by atoms with Crippen LogP contribution in [0, 0.1) is 0 Å². The summed E-state index contributed by atoms with van der Waals surface area (Å²) in [7, 11) is 0. The second-order valence-electron chi connectivity index (χ2n) is 3.16. The average Bonchev–Trinajstić information content (AvgIpc) is 2.07. The first-order valence-corrected chi connectivity index (χ1v) is 4.32. The Morgan fingerprint density at radius 1 is 1.31 bits per heavy atom. The molecule has 13 heavy (non-hydrogen) atoms. The van der Waals surface area contributed by atoms with Crippen LogP contribution in [-0.4, -0.2) is 11.4 Å². The van der Waals surface area contributed by atoms with Crippen LogP contribution >= 0.6 is 0 Å². The van der Waals surface area contributed by atoms with E-state index in [0.717, 1.165) is 5.56 Å². The largest absolute Gasteiger partial charge is 0.504 e. The molecule has 1 aliphatic heterocycles. The van der Waals surface area contributed by atoms with Gasteiger partial charge in [0.15, 0.2) is 17.8 Å². The molecule has 70 valence electrons. The monoisotopic (exact) mass is 180 g/mol. The van der Waals surface area contributed by atoms with E-state index in [9.17, 15) is 5.11 Å². The van der Waals surface area contributed by atoms with Gasteiger partial charge >= 0.3 is 0 Å². The molecule has 3 nitrogen and oxygen atoms in total. The highest BCUT2D eigenvalue weighted by Crippen LogP contribution is 2.39. The molecule has 0 spiro atoms. The normalized spacial score (nSPS) is 26.3. The standard InChI is InChI=1S/C10H12O3/c1-6-8-4-3-5-9(11)10(8)13-7(2)12-6/h3-7,11H,1-2H3. The first-order chi connectivity index (χ1) is 6.18. The number of hydrogen-bond donors (Lipinski definition) is 1. The molecule has 0 aliphatic carbocycles. The average molecular weight is 180 g/mol. The summed E-state index contributed by atoms with van der Waals surface area (Å²) in [6.45, 7) is 3.75. The fourth-order valence-electron chi connectivity index (χ4n) is 1.55. The van der Waals surface area contributed by atoms with Crippen molar-refractivity contribution in [2.45, 2.75) is 26.2 Å². The summed E-state index contributed by atoms with van der Waals surface area (Å²) in [6, 6.07) is 5.29. The number of hydrogen-bond acceptors (Lipinski definition) is 3. The van der Waals surface area contributed by atoms with E-state index in [4.69, 9.17) is 9.47 Å². The molecule has 0 fully saturated rings. The first kappa shape index (κ1) is 8.38. The molecule has 2 rings (SSSR count). The SMILES string of the molecule is CC1Oc2c(O)cccc2C(C)O1. The number of rotatable bonds is 0. The van der Waals surface area contributed by atoms with Gasteiger partial charge in [0.25, 0.3) is 0 Å². The topological polar surface area (TPSA) is 38.7 Å². The van der Waals surface area contributed by atoms with E-state index in [2.05, 4.69) is 0 Å². The third-order valence-electron chi connectivity index (χ3n) is 2.14. The third-order valence-corrected chi connectivity index (χ3v) is 2.14. The van der Waals surface area contributed by atoms with Crippen LogP contribution in [-0.2, 0) is 4.74 Å². The zero-order chi connectivity index (χ0) is 9.42. The van der Waals surface area contributed by atoms with E-state index in [1.807, 2.05) is 19.9 Å². The lowest BCUT2D eigenvalue weighted by Crippen LogP contribution is -2.24. The van der Waals surface area contributed by atoms with Gasteiger partial charge in [-0.2, -0.15) is 0 Å². The lowest BCUT2D eigenvalue weighted by atomic mass is 10.1. The predicted octanol–water partition coefficient (Wildman–Crippen LogP) is 2.21. The molecule has 2 atom stereocenters. The maximum Gasteiger partial charge on any atom is 0.197 e. The van der Waals surface area contributed by atoms with Gasteiger partial charge in [-0.05, 0) is 19.9 Å². The van der Waals surface area contributed by atoms with E-state index >= 15 is 0 Å². The second-order valence-corrected chi connectivity index (χ2v) is 3.16. The minimum atomic E-state index is -0.296. The highest BCUT2D eigenvalue weighted by Gasteiger charge is 2.24. The van der Waals surface area contributed by atoms with Crippen LogP contribution in [0.3, 0.4) is 0 Å². The first-order valence-electron chi connectivity index (χ1n) is 4.32. The summed E-state index contributed by atoms with van der Waals surface area (Å²) < 4.78 is 10.8. The number of para-hydroxylation sites is 1. The minimum absolute atomic E-state index is 0.0224. The molecular weight excluding hydrogens is 168 g/mol. The van der Waals surface area contributed by atoms with Gasteiger partial charge in [0.2, 0.25) is 0 Å². The summed E-state index contributed by atoms with van der Waals surface area (Å²) in [5.74, 6) is 0.730. The fraction of sp³-hybridized carbons (Fsp3) is 0.400. The van der Waals surface area contributed by atoms with E-state index in [1.54, 1.807) is 12.1 Å². The van der Waals surface area contributed by atoms with Crippen molar-refractivity contribution in [3.63, 3.8) is 0 Å². The molecule has 1 heterocycles. The number of benzene rings is 1. The second kappa shape index (κ2) is 2.92. The van der Waals surface area contributed by atoms with Crippen LogP contribution in [0.1, 0.15) is 25.5 Å². The summed E-state index contributed by atoms with van der Waals surface area (Å²) in [6.07, 6.45) is -0.318. The Balaban J connectivity index is 2.49. The summed E-state index contributed by atoms with van der Waals surface area (Å²) >= 11 is 0. The Morgan fingerprint density at radius 2 is 2.08 bits per heavy atom. The van der Waals surface area contributed by atoms with E-state index in [1.165, 1.54) is 0 Å². The molecule has 0 saturated carbocycles. The molecule has 0 amide bonds. The van der Waals surface area contributed by atoms with Gasteiger partial charge in [0, 0.05) is 5.56 Å². The van der Waals surface area contributed by atoms with Gasteiger partial charge in [0.1, 0.15) is 0 Å². The number of ether oxygens (including phenoxy) is 2. The maximum atomic E-state index is 9.51. The van der Waals surface area contributed by atoms with Crippen LogP contribution in [0.15, 0.2) is 18.2 Å². The van der Waals surface area contributed by atoms with Gasteiger partial charge in [-0.1, -0.05) is 12.1 Å². The Bertz CT molecular complexity index is 322. The maximum absolute atomic E-state index is 9.51. The van der Waals surface area contributed by atoms with Gasteiger partial charge in [0.05, 0.1) is 6.10 Å². The highest BCUT2D eigenvalue weighted by atomic mass is 16.7. The summed E-state index contributed by atoms with van der Waals surface area (Å²) in [4.78, 5) is 0. The van der Waals surface area contributed by atoms with Crippen LogP contribution in [0.5, 0.6) is 11.5 Å². The Morgan fingerprint density at radius 3 is 2.85 bits per heavy atom. The zero-order valence-electron chi connectivity index (χ0n) is 7.65. The quantitative estimate of drug-likeness (QED) is 0.665. The molecule has 1 N–H and O–H groups in total. The molecule has 2 unspecified atom stereocenters. The lowest BCUT2D eigenvalue weighted by molar-refractivity contribution is -0.123. The van der Waals surface area contributed by atoms with E-state index in [0.29, 0.717) is 5.75 Å². The number of fused-ring (bicyclic) bond motifs is 1. The van der Waals surface area contributed by atoms with Crippen LogP contribution in [0.2, 0.25) is 0 Å². The van der Waals surface area contributed by atoms with Crippen LogP contribution < -0.4 is 4.74 Å². The minimum Gasteiger partial charge on any atom is -0.504 e. The molecule has 1 aliphatic rings. The molecule has 0 aromatic heterocycles. The van der Waals surface area contributed by atoms with Crippen molar-refractivity contribution in [3.8, 4) is 11.5 Å². The zero-order valence-corrected chi connectivity index (χ0v) is 7.65. The van der Waals surface area contributed by atoms with Crippen molar-refractivity contribution in [3.05, 3.63) is 23.8 Å². The van der Waals surface area contributed by atoms with E-state index < -0.39 is 0 Å².